The maximum Gasteiger partial charge on any atom is 0.326 e. The molecule has 1 aliphatic heterocycles. The van der Waals surface area contributed by atoms with E-state index in [9.17, 15) is 9.59 Å². The van der Waals surface area contributed by atoms with Crippen LogP contribution in [-0.4, -0.2) is 36.2 Å². The fourth-order valence-electron chi connectivity index (χ4n) is 1.90. The molecular formula is C12H21NO4. The van der Waals surface area contributed by atoms with Crippen molar-refractivity contribution in [3.63, 3.8) is 0 Å². The van der Waals surface area contributed by atoms with Crippen LogP contribution in [0.4, 0.5) is 0 Å². The summed E-state index contributed by atoms with van der Waals surface area (Å²) in [5.41, 5.74) is 0. The van der Waals surface area contributed by atoms with Crippen LogP contribution in [0.15, 0.2) is 0 Å². The first-order valence-electron chi connectivity index (χ1n) is 6.17. The fourth-order valence-corrected chi connectivity index (χ4v) is 1.90. The van der Waals surface area contributed by atoms with Crippen molar-refractivity contribution in [3.8, 4) is 0 Å². The zero-order valence-corrected chi connectivity index (χ0v) is 10.4. The van der Waals surface area contributed by atoms with Crippen LogP contribution in [0, 0.1) is 11.8 Å². The maximum atomic E-state index is 11.9. The number of carboxylic acid groups (broad SMARTS) is 1. The molecule has 1 aliphatic rings. The summed E-state index contributed by atoms with van der Waals surface area (Å²) in [5, 5.41) is 11.7. The second-order valence-corrected chi connectivity index (χ2v) is 4.62. The summed E-state index contributed by atoms with van der Waals surface area (Å²) in [4.78, 5) is 23.0. The first-order valence-corrected chi connectivity index (χ1v) is 6.17. The van der Waals surface area contributed by atoms with Gasteiger partial charge < -0.3 is 15.2 Å². The van der Waals surface area contributed by atoms with Crippen LogP contribution in [-0.2, 0) is 14.3 Å². The quantitative estimate of drug-likeness (QED) is 0.756. The zero-order chi connectivity index (χ0) is 12.8. The average Bonchev–Trinajstić information content (AvgIpc) is 2.35. The van der Waals surface area contributed by atoms with E-state index in [0.29, 0.717) is 13.2 Å². The number of hydrogen-bond donors (Lipinski definition) is 2. The number of carbonyl (C=O) groups is 2. The van der Waals surface area contributed by atoms with Crippen LogP contribution in [0.1, 0.15) is 33.1 Å². The number of ether oxygens (including phenoxy) is 1. The van der Waals surface area contributed by atoms with Gasteiger partial charge in [0.15, 0.2) is 0 Å². The van der Waals surface area contributed by atoms with Crippen LogP contribution in [0.5, 0.6) is 0 Å². The van der Waals surface area contributed by atoms with Gasteiger partial charge in [-0.25, -0.2) is 4.79 Å². The Labute approximate surface area is 102 Å². The highest BCUT2D eigenvalue weighted by atomic mass is 16.5. The summed E-state index contributed by atoms with van der Waals surface area (Å²) in [6.07, 6.45) is 2.36. The van der Waals surface area contributed by atoms with Crippen molar-refractivity contribution in [2.24, 2.45) is 11.8 Å². The van der Waals surface area contributed by atoms with Gasteiger partial charge in [0, 0.05) is 6.61 Å². The third kappa shape index (κ3) is 4.00. The van der Waals surface area contributed by atoms with E-state index >= 15 is 0 Å². The molecule has 5 nitrogen and oxygen atoms in total. The number of carboxylic acids is 1. The van der Waals surface area contributed by atoms with Gasteiger partial charge in [0.1, 0.15) is 6.04 Å². The lowest BCUT2D eigenvalue weighted by atomic mass is 9.96. The molecule has 0 radical (unpaired) electrons. The Hall–Kier alpha value is -1.10. The third-order valence-corrected chi connectivity index (χ3v) is 3.31. The second kappa shape index (κ2) is 6.59. The molecule has 2 N–H and O–H groups in total. The van der Waals surface area contributed by atoms with Gasteiger partial charge in [-0.1, -0.05) is 20.3 Å². The first-order chi connectivity index (χ1) is 8.06. The van der Waals surface area contributed by atoms with Crippen LogP contribution < -0.4 is 5.32 Å². The molecule has 1 rings (SSSR count). The van der Waals surface area contributed by atoms with Gasteiger partial charge in [-0.2, -0.15) is 0 Å². The summed E-state index contributed by atoms with van der Waals surface area (Å²) in [7, 11) is 0. The van der Waals surface area contributed by atoms with E-state index in [2.05, 4.69) is 5.32 Å². The number of aliphatic carboxylic acids is 1. The molecule has 0 bridgehead atoms. The van der Waals surface area contributed by atoms with Gasteiger partial charge in [0.2, 0.25) is 5.91 Å². The fraction of sp³-hybridized carbons (Fsp3) is 0.833. The molecule has 17 heavy (non-hydrogen) atoms. The summed E-state index contributed by atoms with van der Waals surface area (Å²) < 4.78 is 5.22. The molecule has 5 heteroatoms. The molecule has 0 saturated carbocycles. The van der Waals surface area contributed by atoms with E-state index in [-0.39, 0.29) is 17.7 Å². The predicted octanol–water partition coefficient (Wildman–Crippen LogP) is 1.03. The third-order valence-electron chi connectivity index (χ3n) is 3.31. The van der Waals surface area contributed by atoms with Gasteiger partial charge in [-0.15, -0.1) is 0 Å². The molecule has 0 aromatic heterocycles. The molecule has 0 spiro atoms. The minimum atomic E-state index is -0.968. The molecule has 0 aromatic rings. The molecule has 1 fully saturated rings. The van der Waals surface area contributed by atoms with Gasteiger partial charge in [-0.3, -0.25) is 4.79 Å². The van der Waals surface area contributed by atoms with Crippen molar-refractivity contribution < 1.29 is 19.4 Å². The Bertz CT molecular complexity index is 274. The van der Waals surface area contributed by atoms with Crippen molar-refractivity contribution >= 4 is 11.9 Å². The van der Waals surface area contributed by atoms with Crippen LogP contribution >= 0.6 is 0 Å². The van der Waals surface area contributed by atoms with Crippen LogP contribution in [0.2, 0.25) is 0 Å². The van der Waals surface area contributed by atoms with Crippen molar-refractivity contribution in [1.82, 2.24) is 5.32 Å². The van der Waals surface area contributed by atoms with Crippen LogP contribution in [0.25, 0.3) is 0 Å². The van der Waals surface area contributed by atoms with E-state index in [1.165, 1.54) is 0 Å². The Morgan fingerprint density at radius 1 is 1.53 bits per heavy atom. The molecule has 2 unspecified atom stereocenters. The van der Waals surface area contributed by atoms with Crippen molar-refractivity contribution in [2.75, 3.05) is 13.2 Å². The van der Waals surface area contributed by atoms with E-state index in [0.717, 1.165) is 19.3 Å². The molecule has 0 aliphatic carbocycles. The summed E-state index contributed by atoms with van der Waals surface area (Å²) in [6, 6.07) is -0.797. The van der Waals surface area contributed by atoms with E-state index in [1.54, 1.807) is 0 Å². The van der Waals surface area contributed by atoms with Crippen LogP contribution in [0.3, 0.4) is 0 Å². The Morgan fingerprint density at radius 3 is 2.71 bits per heavy atom. The number of hydrogen-bond acceptors (Lipinski definition) is 3. The molecule has 1 saturated heterocycles. The minimum Gasteiger partial charge on any atom is -0.480 e. The van der Waals surface area contributed by atoms with Gasteiger partial charge >= 0.3 is 5.97 Å². The highest BCUT2D eigenvalue weighted by molar-refractivity contribution is 5.85. The van der Waals surface area contributed by atoms with Gasteiger partial charge in [-0.05, 0) is 18.8 Å². The predicted molar refractivity (Wildman–Crippen MR) is 62.6 cm³/mol. The van der Waals surface area contributed by atoms with Gasteiger partial charge in [0.05, 0.1) is 12.5 Å². The molecule has 0 aromatic carbocycles. The van der Waals surface area contributed by atoms with E-state index < -0.39 is 12.0 Å². The van der Waals surface area contributed by atoms with Gasteiger partial charge in [0.25, 0.3) is 0 Å². The highest BCUT2D eigenvalue weighted by Gasteiger charge is 2.29. The smallest absolute Gasteiger partial charge is 0.326 e. The lowest BCUT2D eigenvalue weighted by molar-refractivity contribution is -0.144. The zero-order valence-electron chi connectivity index (χ0n) is 10.4. The molecule has 1 amide bonds. The topological polar surface area (TPSA) is 75.6 Å². The molecular weight excluding hydrogens is 222 g/mol. The maximum absolute atomic E-state index is 11.9. The summed E-state index contributed by atoms with van der Waals surface area (Å²) in [5.74, 6) is -1.43. The summed E-state index contributed by atoms with van der Waals surface area (Å²) in [6.45, 7) is 4.84. The molecule has 1 heterocycles. The van der Waals surface area contributed by atoms with E-state index in [4.69, 9.17) is 9.84 Å². The minimum absolute atomic E-state index is 0.0686. The number of amides is 1. The van der Waals surface area contributed by atoms with Crippen molar-refractivity contribution in [3.05, 3.63) is 0 Å². The Morgan fingerprint density at radius 2 is 2.24 bits per heavy atom. The number of carbonyl (C=O) groups excluding carboxylic acids is 1. The normalized spacial score (nSPS) is 23.8. The number of nitrogens with one attached hydrogen (secondary N) is 1. The van der Waals surface area contributed by atoms with Crippen molar-refractivity contribution in [1.29, 1.82) is 0 Å². The molecule has 98 valence electrons. The standard InChI is InChI=1S/C12H21NO4/c1-3-8(2)10(12(15)16)13-11(14)9-5-4-6-17-7-9/h8-10H,3-7H2,1-2H3,(H,13,14)(H,15,16)/t8?,9?,10-/m0/s1. The number of rotatable bonds is 5. The largest absolute Gasteiger partial charge is 0.480 e. The Kier molecular flexibility index (Phi) is 5.41. The SMILES string of the molecule is CCC(C)[C@H](NC(=O)C1CCCOC1)C(=O)O. The lowest BCUT2D eigenvalue weighted by Gasteiger charge is -2.25. The average molecular weight is 243 g/mol. The lowest BCUT2D eigenvalue weighted by Crippen LogP contribution is -2.48. The Balaban J connectivity index is 2.53. The second-order valence-electron chi connectivity index (χ2n) is 4.62. The monoisotopic (exact) mass is 243 g/mol. The molecule has 3 atom stereocenters. The summed E-state index contributed by atoms with van der Waals surface area (Å²) >= 11 is 0. The van der Waals surface area contributed by atoms with E-state index in [1.807, 2.05) is 13.8 Å². The highest BCUT2D eigenvalue weighted by Crippen LogP contribution is 2.15. The first kappa shape index (κ1) is 14.0. The van der Waals surface area contributed by atoms with Crippen molar-refractivity contribution in [2.45, 2.75) is 39.2 Å².